The van der Waals surface area contributed by atoms with Gasteiger partial charge in [0.05, 0.1) is 15.9 Å². The summed E-state index contributed by atoms with van der Waals surface area (Å²) in [5.74, 6) is 1.30. The summed E-state index contributed by atoms with van der Waals surface area (Å²) < 4.78 is 24.8. The highest BCUT2D eigenvalue weighted by molar-refractivity contribution is 14.1. The largest absolute Gasteiger partial charge is 0.494 e. The van der Waals surface area contributed by atoms with Crippen LogP contribution in [0.15, 0.2) is 36.4 Å². The average Bonchev–Trinajstić information content (AvgIpc) is 2.38. The van der Waals surface area contributed by atoms with Gasteiger partial charge in [0.1, 0.15) is 17.3 Å². The number of nitrogen functional groups attached to an aromatic ring is 1. The van der Waals surface area contributed by atoms with Crippen molar-refractivity contribution in [2.45, 2.75) is 6.92 Å². The first-order chi connectivity index (χ1) is 9.10. The third-order valence-electron chi connectivity index (χ3n) is 2.42. The molecular weight excluding hydrogens is 360 g/mol. The molecule has 0 aromatic heterocycles. The maximum atomic E-state index is 13.5. The van der Waals surface area contributed by atoms with E-state index in [0.29, 0.717) is 27.4 Å². The average molecular weight is 373 g/mol. The van der Waals surface area contributed by atoms with Crippen molar-refractivity contribution < 1.29 is 13.9 Å². The van der Waals surface area contributed by atoms with Gasteiger partial charge in [-0.2, -0.15) is 0 Å². The lowest BCUT2D eigenvalue weighted by Gasteiger charge is -2.10. The van der Waals surface area contributed by atoms with E-state index in [4.69, 9.17) is 15.2 Å². The topological polar surface area (TPSA) is 44.5 Å². The Morgan fingerprint density at radius 2 is 1.79 bits per heavy atom. The first-order valence-electron chi connectivity index (χ1n) is 5.75. The monoisotopic (exact) mass is 373 g/mol. The third kappa shape index (κ3) is 3.50. The Kier molecular flexibility index (Phi) is 4.47. The van der Waals surface area contributed by atoms with Gasteiger partial charge < -0.3 is 15.2 Å². The predicted molar refractivity (Wildman–Crippen MR) is 81.2 cm³/mol. The van der Waals surface area contributed by atoms with E-state index in [1.165, 1.54) is 6.07 Å². The molecule has 100 valence electrons. The minimum atomic E-state index is -0.351. The summed E-state index contributed by atoms with van der Waals surface area (Å²) in [7, 11) is 0. The molecule has 2 aromatic rings. The van der Waals surface area contributed by atoms with Gasteiger partial charge in [0, 0.05) is 6.07 Å². The van der Waals surface area contributed by atoms with E-state index < -0.39 is 0 Å². The number of hydrogen-bond acceptors (Lipinski definition) is 3. The van der Waals surface area contributed by atoms with Gasteiger partial charge in [-0.15, -0.1) is 0 Å². The van der Waals surface area contributed by atoms with E-state index in [1.54, 1.807) is 30.3 Å². The Labute approximate surface area is 124 Å². The zero-order valence-electron chi connectivity index (χ0n) is 10.3. The Hall–Kier alpha value is -1.50. The highest BCUT2D eigenvalue weighted by Gasteiger charge is 2.08. The molecule has 0 atom stereocenters. The molecule has 5 heteroatoms. The SMILES string of the molecule is CCOc1ccc(Oc2cc(F)c(I)cc2N)cc1. The van der Waals surface area contributed by atoms with Gasteiger partial charge >= 0.3 is 0 Å². The molecule has 0 aliphatic carbocycles. The molecule has 2 aromatic carbocycles. The number of benzene rings is 2. The third-order valence-corrected chi connectivity index (χ3v) is 3.24. The molecule has 0 unspecified atom stereocenters. The molecule has 0 spiro atoms. The van der Waals surface area contributed by atoms with Gasteiger partial charge in [0.15, 0.2) is 5.75 Å². The second-order valence-corrected chi connectivity index (χ2v) is 4.97. The number of anilines is 1. The Bertz CT molecular complexity index is 572. The van der Waals surface area contributed by atoms with E-state index in [0.717, 1.165) is 5.75 Å². The number of hydrogen-bond donors (Lipinski definition) is 1. The smallest absolute Gasteiger partial charge is 0.153 e. The summed E-state index contributed by atoms with van der Waals surface area (Å²) in [5, 5.41) is 0. The summed E-state index contributed by atoms with van der Waals surface area (Å²) in [6, 6.07) is 9.91. The lowest BCUT2D eigenvalue weighted by atomic mass is 10.3. The maximum absolute atomic E-state index is 13.5. The predicted octanol–water partition coefficient (Wildman–Crippen LogP) is 4.20. The van der Waals surface area contributed by atoms with E-state index in [1.807, 2.05) is 29.5 Å². The fraction of sp³-hybridized carbons (Fsp3) is 0.143. The minimum absolute atomic E-state index is 0.307. The van der Waals surface area contributed by atoms with Gasteiger partial charge in [-0.05, 0) is 59.8 Å². The second-order valence-electron chi connectivity index (χ2n) is 3.81. The van der Waals surface area contributed by atoms with Crippen molar-refractivity contribution in [3.8, 4) is 17.2 Å². The fourth-order valence-electron chi connectivity index (χ4n) is 1.53. The molecule has 3 nitrogen and oxygen atoms in total. The van der Waals surface area contributed by atoms with E-state index >= 15 is 0 Å². The number of rotatable bonds is 4. The molecule has 0 aliphatic heterocycles. The number of halogens is 2. The highest BCUT2D eigenvalue weighted by Crippen LogP contribution is 2.31. The fourth-order valence-corrected chi connectivity index (χ4v) is 2.02. The molecule has 0 saturated heterocycles. The van der Waals surface area contributed by atoms with Crippen molar-refractivity contribution in [2.75, 3.05) is 12.3 Å². The first kappa shape index (κ1) is 13.9. The van der Waals surface area contributed by atoms with Crippen LogP contribution in [0.1, 0.15) is 6.92 Å². The van der Waals surface area contributed by atoms with Gasteiger partial charge in [-0.25, -0.2) is 4.39 Å². The van der Waals surface area contributed by atoms with Crippen molar-refractivity contribution in [3.63, 3.8) is 0 Å². The van der Waals surface area contributed by atoms with Crippen LogP contribution in [-0.2, 0) is 0 Å². The molecule has 19 heavy (non-hydrogen) atoms. The van der Waals surface area contributed by atoms with Crippen LogP contribution in [0.25, 0.3) is 0 Å². The van der Waals surface area contributed by atoms with Crippen LogP contribution < -0.4 is 15.2 Å². The summed E-state index contributed by atoms with van der Waals surface area (Å²) in [6.07, 6.45) is 0. The highest BCUT2D eigenvalue weighted by atomic mass is 127. The molecule has 0 saturated carbocycles. The lowest BCUT2D eigenvalue weighted by Crippen LogP contribution is -1.95. The van der Waals surface area contributed by atoms with E-state index in [-0.39, 0.29) is 5.82 Å². The summed E-state index contributed by atoms with van der Waals surface area (Å²) in [6.45, 7) is 2.52. The molecule has 0 amide bonds. The Balaban J connectivity index is 2.19. The van der Waals surface area contributed by atoms with Crippen molar-refractivity contribution in [1.82, 2.24) is 0 Å². The Morgan fingerprint density at radius 3 is 2.42 bits per heavy atom. The zero-order chi connectivity index (χ0) is 13.8. The minimum Gasteiger partial charge on any atom is -0.494 e. The Morgan fingerprint density at radius 1 is 1.16 bits per heavy atom. The van der Waals surface area contributed by atoms with Crippen molar-refractivity contribution >= 4 is 28.3 Å². The number of ether oxygens (including phenoxy) is 2. The zero-order valence-corrected chi connectivity index (χ0v) is 12.5. The standard InChI is InChI=1S/C14H13FINO2/c1-2-18-9-3-5-10(6-4-9)19-14-7-11(15)12(16)8-13(14)17/h3-8H,2,17H2,1H3. The van der Waals surface area contributed by atoms with Crippen LogP contribution >= 0.6 is 22.6 Å². The lowest BCUT2D eigenvalue weighted by molar-refractivity contribution is 0.339. The van der Waals surface area contributed by atoms with Crippen molar-refractivity contribution in [1.29, 1.82) is 0 Å². The quantitative estimate of drug-likeness (QED) is 0.645. The van der Waals surface area contributed by atoms with Crippen LogP contribution in [0.3, 0.4) is 0 Å². The normalized spacial score (nSPS) is 10.3. The molecule has 0 bridgehead atoms. The van der Waals surface area contributed by atoms with Crippen LogP contribution in [0.4, 0.5) is 10.1 Å². The van der Waals surface area contributed by atoms with Crippen molar-refractivity contribution in [2.24, 2.45) is 0 Å². The molecule has 2 rings (SSSR count). The molecular formula is C14H13FINO2. The van der Waals surface area contributed by atoms with Crippen LogP contribution in [0.5, 0.6) is 17.2 Å². The second kappa shape index (κ2) is 6.10. The molecule has 2 N–H and O–H groups in total. The van der Waals surface area contributed by atoms with E-state index in [2.05, 4.69) is 0 Å². The van der Waals surface area contributed by atoms with Gasteiger partial charge in [0.25, 0.3) is 0 Å². The van der Waals surface area contributed by atoms with Crippen LogP contribution in [0.2, 0.25) is 0 Å². The molecule has 0 aliphatic rings. The number of nitrogens with two attached hydrogens (primary N) is 1. The van der Waals surface area contributed by atoms with Gasteiger partial charge in [-0.1, -0.05) is 0 Å². The van der Waals surface area contributed by atoms with Crippen LogP contribution in [-0.4, -0.2) is 6.61 Å². The van der Waals surface area contributed by atoms with Gasteiger partial charge in [-0.3, -0.25) is 0 Å². The van der Waals surface area contributed by atoms with Gasteiger partial charge in [0.2, 0.25) is 0 Å². The summed E-state index contributed by atoms with van der Waals surface area (Å²) in [5.41, 5.74) is 6.20. The molecule has 0 radical (unpaired) electrons. The maximum Gasteiger partial charge on any atom is 0.153 e. The summed E-state index contributed by atoms with van der Waals surface area (Å²) >= 11 is 1.88. The summed E-state index contributed by atoms with van der Waals surface area (Å²) in [4.78, 5) is 0. The van der Waals surface area contributed by atoms with Crippen molar-refractivity contribution in [3.05, 3.63) is 45.8 Å². The van der Waals surface area contributed by atoms with Crippen LogP contribution in [0, 0.1) is 9.39 Å². The molecule has 0 fully saturated rings. The van der Waals surface area contributed by atoms with E-state index in [9.17, 15) is 4.39 Å². The first-order valence-corrected chi connectivity index (χ1v) is 6.83. The molecule has 0 heterocycles.